The third-order valence-corrected chi connectivity index (χ3v) is 3.45. The molecule has 0 aliphatic heterocycles. The SMILES string of the molecule is Cc1cccc(C(C)(N)c2ccc(C)c(F)c2F)c1. The molecule has 0 aliphatic rings. The average molecular weight is 261 g/mol. The highest BCUT2D eigenvalue weighted by molar-refractivity contribution is 5.40. The van der Waals surface area contributed by atoms with E-state index >= 15 is 0 Å². The van der Waals surface area contributed by atoms with Gasteiger partial charge in [-0.2, -0.15) is 0 Å². The number of aryl methyl sites for hydroxylation is 2. The minimum absolute atomic E-state index is 0.168. The first kappa shape index (κ1) is 13.7. The Bertz CT molecular complexity index is 618. The van der Waals surface area contributed by atoms with Gasteiger partial charge < -0.3 is 5.73 Å². The highest BCUT2D eigenvalue weighted by Crippen LogP contribution is 2.30. The summed E-state index contributed by atoms with van der Waals surface area (Å²) in [6.45, 7) is 5.16. The summed E-state index contributed by atoms with van der Waals surface area (Å²) in [5.74, 6) is -1.70. The van der Waals surface area contributed by atoms with Gasteiger partial charge in [-0.1, -0.05) is 42.0 Å². The van der Waals surface area contributed by atoms with Crippen molar-refractivity contribution < 1.29 is 8.78 Å². The Morgan fingerprint density at radius 3 is 2.32 bits per heavy atom. The molecule has 0 aromatic heterocycles. The van der Waals surface area contributed by atoms with Gasteiger partial charge in [0.15, 0.2) is 11.6 Å². The highest BCUT2D eigenvalue weighted by Gasteiger charge is 2.29. The number of rotatable bonds is 2. The van der Waals surface area contributed by atoms with Gasteiger partial charge in [0.25, 0.3) is 0 Å². The van der Waals surface area contributed by atoms with Crippen molar-refractivity contribution in [2.75, 3.05) is 0 Å². The molecule has 2 N–H and O–H groups in total. The monoisotopic (exact) mass is 261 g/mol. The molecule has 0 heterocycles. The fourth-order valence-electron chi connectivity index (χ4n) is 2.17. The third kappa shape index (κ3) is 2.38. The lowest BCUT2D eigenvalue weighted by Gasteiger charge is -2.27. The summed E-state index contributed by atoms with van der Waals surface area (Å²) in [7, 11) is 0. The number of halogens is 2. The quantitative estimate of drug-likeness (QED) is 0.874. The van der Waals surface area contributed by atoms with Gasteiger partial charge in [0.05, 0.1) is 5.54 Å². The summed E-state index contributed by atoms with van der Waals surface area (Å²) in [5.41, 5.74) is 7.41. The average Bonchev–Trinajstić information content (AvgIpc) is 2.36. The second kappa shape index (κ2) is 4.74. The maximum Gasteiger partial charge on any atom is 0.164 e. The lowest BCUT2D eigenvalue weighted by atomic mass is 9.84. The van der Waals surface area contributed by atoms with E-state index in [4.69, 9.17) is 5.73 Å². The molecule has 0 saturated heterocycles. The Labute approximate surface area is 112 Å². The predicted octanol–water partition coefficient (Wildman–Crippen LogP) is 3.80. The zero-order valence-electron chi connectivity index (χ0n) is 11.3. The molecule has 19 heavy (non-hydrogen) atoms. The van der Waals surface area contributed by atoms with Crippen molar-refractivity contribution in [3.8, 4) is 0 Å². The first-order chi connectivity index (χ1) is 8.84. The van der Waals surface area contributed by atoms with E-state index in [9.17, 15) is 8.78 Å². The van der Waals surface area contributed by atoms with Crippen LogP contribution in [-0.2, 0) is 5.54 Å². The van der Waals surface area contributed by atoms with E-state index in [1.54, 1.807) is 19.1 Å². The van der Waals surface area contributed by atoms with Gasteiger partial charge >= 0.3 is 0 Å². The van der Waals surface area contributed by atoms with Crippen molar-refractivity contribution in [2.24, 2.45) is 5.73 Å². The first-order valence-electron chi connectivity index (χ1n) is 6.15. The summed E-state index contributed by atoms with van der Waals surface area (Å²) in [6, 6.07) is 10.6. The Morgan fingerprint density at radius 1 is 1.00 bits per heavy atom. The van der Waals surface area contributed by atoms with Gasteiger partial charge in [0.1, 0.15) is 0 Å². The lowest BCUT2D eigenvalue weighted by Crippen LogP contribution is -2.35. The molecule has 1 nitrogen and oxygen atoms in total. The van der Waals surface area contributed by atoms with Crippen molar-refractivity contribution in [3.05, 3.63) is 70.3 Å². The molecular formula is C16H17F2N. The molecule has 0 bridgehead atoms. The summed E-state index contributed by atoms with van der Waals surface area (Å²) in [4.78, 5) is 0. The van der Waals surface area contributed by atoms with Gasteiger partial charge in [-0.3, -0.25) is 0 Å². The number of benzene rings is 2. The van der Waals surface area contributed by atoms with Crippen LogP contribution in [0.5, 0.6) is 0 Å². The largest absolute Gasteiger partial charge is 0.318 e. The molecule has 0 amide bonds. The molecule has 1 atom stereocenters. The summed E-state index contributed by atoms with van der Waals surface area (Å²) < 4.78 is 27.8. The molecule has 1 unspecified atom stereocenters. The molecule has 0 fully saturated rings. The Kier molecular flexibility index (Phi) is 3.42. The van der Waals surface area contributed by atoms with Crippen LogP contribution in [0.25, 0.3) is 0 Å². The van der Waals surface area contributed by atoms with Gasteiger partial charge in [0, 0.05) is 5.56 Å². The molecule has 0 radical (unpaired) electrons. The topological polar surface area (TPSA) is 26.0 Å². The highest BCUT2D eigenvalue weighted by atomic mass is 19.2. The van der Waals surface area contributed by atoms with Gasteiger partial charge in [-0.25, -0.2) is 8.78 Å². The van der Waals surface area contributed by atoms with E-state index in [1.165, 1.54) is 6.92 Å². The molecule has 3 heteroatoms. The summed E-state index contributed by atoms with van der Waals surface area (Å²) in [5, 5.41) is 0. The van der Waals surface area contributed by atoms with Crippen LogP contribution >= 0.6 is 0 Å². The third-order valence-electron chi connectivity index (χ3n) is 3.45. The normalized spacial score (nSPS) is 14.2. The van der Waals surface area contributed by atoms with Gasteiger partial charge in [-0.05, 0) is 31.9 Å². The van der Waals surface area contributed by atoms with Crippen LogP contribution in [0.4, 0.5) is 8.78 Å². The van der Waals surface area contributed by atoms with Crippen LogP contribution in [0.3, 0.4) is 0 Å². The second-order valence-electron chi connectivity index (χ2n) is 5.13. The molecule has 2 aromatic carbocycles. The maximum atomic E-state index is 14.1. The Hall–Kier alpha value is -1.74. The first-order valence-corrected chi connectivity index (χ1v) is 6.15. The fourth-order valence-corrected chi connectivity index (χ4v) is 2.17. The zero-order chi connectivity index (χ0) is 14.2. The van der Waals surface area contributed by atoms with Crippen molar-refractivity contribution in [3.63, 3.8) is 0 Å². The Balaban J connectivity index is 2.60. The van der Waals surface area contributed by atoms with Crippen molar-refractivity contribution >= 4 is 0 Å². The molecule has 100 valence electrons. The molecule has 2 rings (SSSR count). The van der Waals surface area contributed by atoms with Crippen LogP contribution in [0.2, 0.25) is 0 Å². The summed E-state index contributed by atoms with van der Waals surface area (Å²) in [6.07, 6.45) is 0. The zero-order valence-corrected chi connectivity index (χ0v) is 11.3. The van der Waals surface area contributed by atoms with E-state index in [0.717, 1.165) is 11.1 Å². The maximum absolute atomic E-state index is 14.1. The van der Waals surface area contributed by atoms with Crippen LogP contribution in [0, 0.1) is 25.5 Å². The minimum Gasteiger partial charge on any atom is -0.318 e. The molecular weight excluding hydrogens is 244 g/mol. The number of hydrogen-bond donors (Lipinski definition) is 1. The van der Waals surface area contributed by atoms with E-state index in [-0.39, 0.29) is 11.1 Å². The van der Waals surface area contributed by atoms with E-state index in [2.05, 4.69) is 0 Å². The molecule has 2 aromatic rings. The van der Waals surface area contributed by atoms with Crippen molar-refractivity contribution in [1.29, 1.82) is 0 Å². The fraction of sp³-hybridized carbons (Fsp3) is 0.250. The lowest BCUT2D eigenvalue weighted by molar-refractivity contribution is 0.464. The Morgan fingerprint density at radius 2 is 1.68 bits per heavy atom. The van der Waals surface area contributed by atoms with Crippen LogP contribution in [-0.4, -0.2) is 0 Å². The molecule has 0 spiro atoms. The molecule has 0 saturated carbocycles. The van der Waals surface area contributed by atoms with E-state index in [0.29, 0.717) is 0 Å². The van der Waals surface area contributed by atoms with E-state index in [1.807, 2.05) is 31.2 Å². The van der Waals surface area contributed by atoms with Crippen LogP contribution in [0.15, 0.2) is 36.4 Å². The van der Waals surface area contributed by atoms with Gasteiger partial charge in [0.2, 0.25) is 0 Å². The van der Waals surface area contributed by atoms with Crippen molar-refractivity contribution in [2.45, 2.75) is 26.3 Å². The van der Waals surface area contributed by atoms with E-state index < -0.39 is 17.2 Å². The van der Waals surface area contributed by atoms with Gasteiger partial charge in [-0.15, -0.1) is 0 Å². The second-order valence-corrected chi connectivity index (χ2v) is 5.13. The van der Waals surface area contributed by atoms with Crippen molar-refractivity contribution in [1.82, 2.24) is 0 Å². The summed E-state index contributed by atoms with van der Waals surface area (Å²) >= 11 is 0. The minimum atomic E-state index is -1.06. The standard InChI is InChI=1S/C16H17F2N/c1-10-5-4-6-12(9-10)16(3,19)13-8-7-11(2)14(17)15(13)18/h4-9H,19H2,1-3H3. The smallest absolute Gasteiger partial charge is 0.164 e. The molecule has 0 aliphatic carbocycles. The predicted molar refractivity (Wildman–Crippen MR) is 72.9 cm³/mol. The van der Waals surface area contributed by atoms with Crippen LogP contribution in [0.1, 0.15) is 29.2 Å². The number of nitrogens with two attached hydrogens (primary N) is 1. The number of hydrogen-bond acceptors (Lipinski definition) is 1. The van der Waals surface area contributed by atoms with Crippen LogP contribution < -0.4 is 5.73 Å².